The molecule has 0 unspecified atom stereocenters. The van der Waals surface area contributed by atoms with Crippen LogP contribution in [0.4, 0.5) is 5.88 Å². The van der Waals surface area contributed by atoms with Gasteiger partial charge in [-0.15, -0.1) is 11.6 Å². The molecule has 0 aromatic carbocycles. The molecule has 78 valence electrons. The van der Waals surface area contributed by atoms with E-state index < -0.39 is 0 Å². The van der Waals surface area contributed by atoms with E-state index in [9.17, 15) is 4.79 Å². The van der Waals surface area contributed by atoms with Crippen molar-refractivity contribution in [2.24, 2.45) is 0 Å². The Morgan fingerprint density at radius 2 is 2.29 bits per heavy atom. The molecule has 1 N–H and O–H groups in total. The smallest absolute Gasteiger partial charge is 0.234 e. The Hall–Kier alpha value is -1.03. The number of carbonyl (C=O) groups is 1. The van der Waals surface area contributed by atoms with Gasteiger partial charge in [-0.25, -0.2) is 0 Å². The van der Waals surface area contributed by atoms with Crippen LogP contribution in [0.2, 0.25) is 0 Å². The standard InChI is InChI=1S/C9H13ClN2O2/c1-6-7(2)12-14-9(6)11-8(13)4-3-5-10/h3-5H2,1-2H3,(H,11,13). The van der Waals surface area contributed by atoms with Crippen molar-refractivity contribution in [3.63, 3.8) is 0 Å². The number of carbonyl (C=O) groups excluding carboxylic acids is 1. The molecule has 1 aromatic heterocycles. The van der Waals surface area contributed by atoms with E-state index in [-0.39, 0.29) is 5.91 Å². The summed E-state index contributed by atoms with van der Waals surface area (Å²) in [6, 6.07) is 0. The number of nitrogens with zero attached hydrogens (tertiary/aromatic N) is 1. The van der Waals surface area contributed by atoms with E-state index in [4.69, 9.17) is 16.1 Å². The number of alkyl halides is 1. The highest BCUT2D eigenvalue weighted by Crippen LogP contribution is 2.17. The van der Waals surface area contributed by atoms with Crippen molar-refractivity contribution in [3.8, 4) is 0 Å². The summed E-state index contributed by atoms with van der Waals surface area (Å²) in [5.41, 5.74) is 1.65. The van der Waals surface area contributed by atoms with E-state index in [1.807, 2.05) is 13.8 Å². The number of amides is 1. The van der Waals surface area contributed by atoms with Crippen molar-refractivity contribution in [1.29, 1.82) is 0 Å². The van der Waals surface area contributed by atoms with Gasteiger partial charge in [0.25, 0.3) is 0 Å². The third-order valence-corrected chi connectivity index (χ3v) is 2.21. The van der Waals surface area contributed by atoms with Gasteiger partial charge in [0.15, 0.2) is 0 Å². The van der Waals surface area contributed by atoms with E-state index in [1.54, 1.807) is 0 Å². The number of rotatable bonds is 4. The van der Waals surface area contributed by atoms with Gasteiger partial charge in [-0.2, -0.15) is 0 Å². The lowest BCUT2D eigenvalue weighted by atomic mass is 10.2. The molecule has 0 saturated carbocycles. The van der Waals surface area contributed by atoms with E-state index in [1.165, 1.54) is 0 Å². The molecule has 0 atom stereocenters. The number of anilines is 1. The van der Waals surface area contributed by atoms with Crippen molar-refractivity contribution in [3.05, 3.63) is 11.3 Å². The summed E-state index contributed by atoms with van der Waals surface area (Å²) in [5.74, 6) is 0.828. The molecule has 1 amide bonds. The second-order valence-corrected chi connectivity index (χ2v) is 3.44. The maximum absolute atomic E-state index is 11.3. The van der Waals surface area contributed by atoms with Crippen LogP contribution in [0.1, 0.15) is 24.1 Å². The normalized spacial score (nSPS) is 10.2. The van der Waals surface area contributed by atoms with Crippen molar-refractivity contribution in [1.82, 2.24) is 5.16 Å². The fourth-order valence-corrected chi connectivity index (χ4v) is 1.08. The second-order valence-electron chi connectivity index (χ2n) is 3.06. The predicted molar refractivity (Wildman–Crippen MR) is 54.6 cm³/mol. The third-order valence-electron chi connectivity index (χ3n) is 1.95. The highest BCUT2D eigenvalue weighted by molar-refractivity contribution is 6.18. The van der Waals surface area contributed by atoms with Gasteiger partial charge in [0.05, 0.1) is 5.69 Å². The number of hydrogen-bond acceptors (Lipinski definition) is 3. The molecule has 0 aliphatic carbocycles. The van der Waals surface area contributed by atoms with Crippen LogP contribution >= 0.6 is 11.6 Å². The fourth-order valence-electron chi connectivity index (χ4n) is 0.948. The van der Waals surface area contributed by atoms with E-state index in [0.29, 0.717) is 24.6 Å². The van der Waals surface area contributed by atoms with Gasteiger partial charge in [0.1, 0.15) is 0 Å². The number of nitrogens with one attached hydrogen (secondary N) is 1. The Kier molecular flexibility index (Phi) is 3.95. The molecule has 1 rings (SSSR count). The largest absolute Gasteiger partial charge is 0.338 e. The molecular formula is C9H13ClN2O2. The maximum atomic E-state index is 11.3. The summed E-state index contributed by atoms with van der Waals surface area (Å²) >= 11 is 5.47. The van der Waals surface area contributed by atoms with E-state index in [2.05, 4.69) is 10.5 Å². The minimum absolute atomic E-state index is 0.0927. The van der Waals surface area contributed by atoms with Crippen LogP contribution in [-0.2, 0) is 4.79 Å². The monoisotopic (exact) mass is 216 g/mol. The molecule has 5 heteroatoms. The van der Waals surface area contributed by atoms with Crippen LogP contribution in [0.3, 0.4) is 0 Å². The first-order chi connectivity index (χ1) is 6.65. The Balaban J connectivity index is 2.52. The van der Waals surface area contributed by atoms with Crippen LogP contribution in [0.5, 0.6) is 0 Å². The Morgan fingerprint density at radius 3 is 2.79 bits per heavy atom. The third kappa shape index (κ3) is 2.73. The average Bonchev–Trinajstić information content (AvgIpc) is 2.46. The van der Waals surface area contributed by atoms with Crippen molar-refractivity contribution in [2.45, 2.75) is 26.7 Å². The first-order valence-corrected chi connectivity index (χ1v) is 4.97. The molecule has 0 aliphatic rings. The molecule has 0 radical (unpaired) electrons. The van der Waals surface area contributed by atoms with Gasteiger partial charge in [0, 0.05) is 17.9 Å². The van der Waals surface area contributed by atoms with Crippen LogP contribution < -0.4 is 5.32 Å². The van der Waals surface area contributed by atoms with Gasteiger partial charge in [-0.05, 0) is 20.3 Å². The molecule has 0 aliphatic heterocycles. The zero-order valence-electron chi connectivity index (χ0n) is 8.26. The van der Waals surface area contributed by atoms with Gasteiger partial charge in [-0.3, -0.25) is 10.1 Å². The van der Waals surface area contributed by atoms with Gasteiger partial charge in [0.2, 0.25) is 11.8 Å². The van der Waals surface area contributed by atoms with Crippen molar-refractivity contribution in [2.75, 3.05) is 11.2 Å². The first-order valence-electron chi connectivity index (χ1n) is 4.44. The number of aryl methyl sites for hydroxylation is 1. The molecule has 1 heterocycles. The zero-order valence-corrected chi connectivity index (χ0v) is 9.02. The van der Waals surface area contributed by atoms with Crippen LogP contribution in [0, 0.1) is 13.8 Å². The summed E-state index contributed by atoms with van der Waals surface area (Å²) in [6.45, 7) is 3.68. The molecule has 1 aromatic rings. The summed E-state index contributed by atoms with van der Waals surface area (Å²) in [4.78, 5) is 11.3. The van der Waals surface area contributed by atoms with Crippen LogP contribution in [-0.4, -0.2) is 16.9 Å². The van der Waals surface area contributed by atoms with Crippen molar-refractivity contribution < 1.29 is 9.32 Å². The minimum Gasteiger partial charge on any atom is -0.338 e. The fraction of sp³-hybridized carbons (Fsp3) is 0.556. The molecule has 0 fully saturated rings. The quantitative estimate of drug-likeness (QED) is 0.786. The molecule has 0 spiro atoms. The summed E-state index contributed by atoms with van der Waals surface area (Å²) < 4.78 is 4.93. The highest BCUT2D eigenvalue weighted by atomic mass is 35.5. The molecule has 0 saturated heterocycles. The summed E-state index contributed by atoms with van der Waals surface area (Å²) in [6.07, 6.45) is 1.07. The van der Waals surface area contributed by atoms with Gasteiger partial charge < -0.3 is 4.52 Å². The maximum Gasteiger partial charge on any atom is 0.234 e. The number of aromatic nitrogens is 1. The molecular weight excluding hydrogens is 204 g/mol. The topological polar surface area (TPSA) is 55.1 Å². The first kappa shape index (κ1) is 11.0. The summed E-state index contributed by atoms with van der Waals surface area (Å²) in [7, 11) is 0. The number of hydrogen-bond donors (Lipinski definition) is 1. The van der Waals surface area contributed by atoms with Crippen LogP contribution in [0.15, 0.2) is 4.52 Å². The lowest BCUT2D eigenvalue weighted by Crippen LogP contribution is -2.11. The Labute approximate surface area is 87.6 Å². The number of halogens is 1. The SMILES string of the molecule is Cc1noc(NC(=O)CCCCl)c1C. The lowest BCUT2D eigenvalue weighted by Gasteiger charge is -2.00. The van der Waals surface area contributed by atoms with Crippen LogP contribution in [0.25, 0.3) is 0 Å². The highest BCUT2D eigenvalue weighted by Gasteiger charge is 2.10. The lowest BCUT2D eigenvalue weighted by molar-refractivity contribution is -0.116. The summed E-state index contributed by atoms with van der Waals surface area (Å²) in [5, 5.41) is 6.37. The Bertz CT molecular complexity index is 323. The van der Waals surface area contributed by atoms with Gasteiger partial charge in [-0.1, -0.05) is 5.16 Å². The average molecular weight is 217 g/mol. The predicted octanol–water partition coefficient (Wildman–Crippen LogP) is 2.25. The molecule has 0 bridgehead atoms. The van der Waals surface area contributed by atoms with Crippen molar-refractivity contribution >= 4 is 23.4 Å². The van der Waals surface area contributed by atoms with E-state index in [0.717, 1.165) is 11.3 Å². The zero-order chi connectivity index (χ0) is 10.6. The van der Waals surface area contributed by atoms with E-state index >= 15 is 0 Å². The second kappa shape index (κ2) is 5.00. The van der Waals surface area contributed by atoms with Gasteiger partial charge >= 0.3 is 0 Å². The minimum atomic E-state index is -0.0927. The Morgan fingerprint density at radius 1 is 1.57 bits per heavy atom. The molecule has 14 heavy (non-hydrogen) atoms. The molecule has 4 nitrogen and oxygen atoms in total.